The molecule has 16 heavy (non-hydrogen) atoms. The van der Waals surface area contributed by atoms with Crippen LogP contribution in [0.5, 0.6) is 0 Å². The third-order valence-electron chi connectivity index (χ3n) is 2.09. The summed E-state index contributed by atoms with van der Waals surface area (Å²) in [6.07, 6.45) is 1.67. The Morgan fingerprint density at radius 2 is 2.31 bits per heavy atom. The van der Waals surface area contributed by atoms with Gasteiger partial charge in [0.25, 0.3) is 5.91 Å². The molecule has 0 fully saturated rings. The van der Waals surface area contributed by atoms with E-state index >= 15 is 0 Å². The second-order valence-electron chi connectivity index (χ2n) is 3.26. The van der Waals surface area contributed by atoms with Crippen molar-refractivity contribution < 1.29 is 4.79 Å². The van der Waals surface area contributed by atoms with Crippen LogP contribution in [-0.4, -0.2) is 10.9 Å². The van der Waals surface area contributed by atoms with Crippen molar-refractivity contribution >= 4 is 45.0 Å². The highest BCUT2D eigenvalue weighted by Gasteiger charge is 2.08. The van der Waals surface area contributed by atoms with E-state index in [9.17, 15) is 4.79 Å². The van der Waals surface area contributed by atoms with Crippen LogP contribution in [0.15, 0.2) is 29.8 Å². The number of carbonyl (C=O) groups is 1. The fourth-order valence-corrected chi connectivity index (χ4v) is 2.23. The van der Waals surface area contributed by atoms with E-state index in [-0.39, 0.29) is 5.91 Å². The SMILES string of the molecule is Cc1ccc(C(=O)Nc2nccs2)cc1I. The molecule has 0 bridgehead atoms. The van der Waals surface area contributed by atoms with E-state index in [1.807, 2.05) is 30.5 Å². The van der Waals surface area contributed by atoms with Crippen LogP contribution in [0.2, 0.25) is 0 Å². The topological polar surface area (TPSA) is 42.0 Å². The predicted molar refractivity (Wildman–Crippen MR) is 74.0 cm³/mol. The van der Waals surface area contributed by atoms with Gasteiger partial charge in [-0.15, -0.1) is 11.3 Å². The summed E-state index contributed by atoms with van der Waals surface area (Å²) < 4.78 is 1.09. The molecule has 2 rings (SSSR count). The first-order valence-electron chi connectivity index (χ1n) is 4.64. The second kappa shape index (κ2) is 4.92. The number of hydrogen-bond acceptors (Lipinski definition) is 3. The highest BCUT2D eigenvalue weighted by atomic mass is 127. The Morgan fingerprint density at radius 3 is 2.94 bits per heavy atom. The number of nitrogens with zero attached hydrogens (tertiary/aromatic N) is 1. The van der Waals surface area contributed by atoms with Gasteiger partial charge in [-0.1, -0.05) is 6.07 Å². The minimum Gasteiger partial charge on any atom is -0.298 e. The Labute approximate surface area is 111 Å². The number of anilines is 1. The minimum absolute atomic E-state index is 0.118. The van der Waals surface area contributed by atoms with Crippen molar-refractivity contribution in [1.29, 1.82) is 0 Å². The summed E-state index contributed by atoms with van der Waals surface area (Å²) in [7, 11) is 0. The summed E-state index contributed by atoms with van der Waals surface area (Å²) in [5.41, 5.74) is 1.83. The van der Waals surface area contributed by atoms with Gasteiger partial charge in [0.2, 0.25) is 0 Å². The number of rotatable bonds is 2. The van der Waals surface area contributed by atoms with Crippen LogP contribution >= 0.6 is 33.9 Å². The number of amides is 1. The zero-order chi connectivity index (χ0) is 11.5. The number of thiazole rings is 1. The molecule has 1 N–H and O–H groups in total. The van der Waals surface area contributed by atoms with Gasteiger partial charge >= 0.3 is 0 Å². The number of aryl methyl sites for hydroxylation is 1. The zero-order valence-electron chi connectivity index (χ0n) is 8.53. The van der Waals surface area contributed by atoms with E-state index < -0.39 is 0 Å². The van der Waals surface area contributed by atoms with E-state index in [4.69, 9.17) is 0 Å². The fraction of sp³-hybridized carbons (Fsp3) is 0.0909. The van der Waals surface area contributed by atoms with Crippen LogP contribution in [0.3, 0.4) is 0 Å². The van der Waals surface area contributed by atoms with Crippen LogP contribution in [0.1, 0.15) is 15.9 Å². The van der Waals surface area contributed by atoms with E-state index in [1.54, 1.807) is 6.20 Å². The van der Waals surface area contributed by atoms with Crippen LogP contribution in [-0.2, 0) is 0 Å². The van der Waals surface area contributed by atoms with Gasteiger partial charge in [0.05, 0.1) is 0 Å². The molecule has 5 heteroatoms. The molecule has 0 aliphatic rings. The summed E-state index contributed by atoms with van der Waals surface area (Å²) in [6, 6.07) is 5.64. The molecule has 1 aromatic heterocycles. The van der Waals surface area contributed by atoms with Gasteiger partial charge < -0.3 is 0 Å². The molecule has 2 aromatic rings. The zero-order valence-corrected chi connectivity index (χ0v) is 11.5. The summed E-state index contributed by atoms with van der Waals surface area (Å²) in [5.74, 6) is -0.118. The summed E-state index contributed by atoms with van der Waals surface area (Å²) >= 11 is 3.63. The molecule has 0 unspecified atom stereocenters. The van der Waals surface area contributed by atoms with Crippen LogP contribution < -0.4 is 5.32 Å². The van der Waals surface area contributed by atoms with Crippen molar-refractivity contribution in [3.05, 3.63) is 44.5 Å². The third-order valence-corrected chi connectivity index (χ3v) is 3.94. The summed E-state index contributed by atoms with van der Waals surface area (Å²) in [6.45, 7) is 2.02. The normalized spacial score (nSPS) is 10.1. The average molecular weight is 344 g/mol. The molecule has 0 saturated heterocycles. The van der Waals surface area contributed by atoms with Crippen LogP contribution in [0.4, 0.5) is 5.13 Å². The van der Waals surface area contributed by atoms with Gasteiger partial charge in [0, 0.05) is 20.7 Å². The fourth-order valence-electron chi connectivity index (χ4n) is 1.19. The first-order valence-corrected chi connectivity index (χ1v) is 6.59. The van der Waals surface area contributed by atoms with Crippen molar-refractivity contribution in [2.75, 3.05) is 5.32 Å². The molecule has 0 aliphatic carbocycles. The molecule has 1 amide bonds. The lowest BCUT2D eigenvalue weighted by Crippen LogP contribution is -2.11. The van der Waals surface area contributed by atoms with Crippen molar-refractivity contribution in [2.45, 2.75) is 6.92 Å². The van der Waals surface area contributed by atoms with Crippen molar-refractivity contribution in [3.63, 3.8) is 0 Å². The summed E-state index contributed by atoms with van der Waals surface area (Å²) in [4.78, 5) is 15.8. The van der Waals surface area contributed by atoms with Gasteiger partial charge in [-0.3, -0.25) is 10.1 Å². The highest BCUT2D eigenvalue weighted by molar-refractivity contribution is 14.1. The molecule has 3 nitrogen and oxygen atoms in total. The monoisotopic (exact) mass is 344 g/mol. The molecular formula is C11H9IN2OS. The Bertz CT molecular complexity index is 511. The average Bonchev–Trinajstić information content (AvgIpc) is 2.74. The Balaban J connectivity index is 2.18. The smallest absolute Gasteiger partial charge is 0.257 e. The lowest BCUT2D eigenvalue weighted by atomic mass is 10.1. The molecule has 82 valence electrons. The van der Waals surface area contributed by atoms with Gasteiger partial charge in [-0.25, -0.2) is 4.98 Å². The van der Waals surface area contributed by atoms with Crippen LogP contribution in [0.25, 0.3) is 0 Å². The second-order valence-corrected chi connectivity index (χ2v) is 5.31. The quantitative estimate of drug-likeness (QED) is 0.850. The number of benzene rings is 1. The molecule has 0 radical (unpaired) electrons. The number of hydrogen-bond donors (Lipinski definition) is 1. The summed E-state index contributed by atoms with van der Waals surface area (Å²) in [5, 5.41) is 5.20. The van der Waals surface area contributed by atoms with Crippen LogP contribution in [0, 0.1) is 10.5 Å². The maximum atomic E-state index is 11.8. The number of halogens is 1. The number of aromatic nitrogens is 1. The Kier molecular flexibility index (Phi) is 3.55. The maximum Gasteiger partial charge on any atom is 0.257 e. The molecule has 1 aromatic carbocycles. The van der Waals surface area contributed by atoms with Gasteiger partial charge in [0.15, 0.2) is 5.13 Å². The molecule has 1 heterocycles. The van der Waals surface area contributed by atoms with Crippen molar-refractivity contribution in [2.24, 2.45) is 0 Å². The molecular weight excluding hydrogens is 335 g/mol. The first kappa shape index (κ1) is 11.5. The van der Waals surface area contributed by atoms with Gasteiger partial charge in [-0.2, -0.15) is 0 Å². The standard InChI is InChI=1S/C11H9IN2OS/c1-7-2-3-8(6-9(7)12)10(15)14-11-13-4-5-16-11/h2-6H,1H3,(H,13,14,15). The van der Waals surface area contributed by atoms with Gasteiger partial charge in [-0.05, 0) is 47.2 Å². The molecule has 0 aliphatic heterocycles. The van der Waals surface area contributed by atoms with E-state index in [1.165, 1.54) is 16.9 Å². The lowest BCUT2D eigenvalue weighted by molar-refractivity contribution is 0.102. The Hall–Kier alpha value is -0.950. The van der Waals surface area contributed by atoms with Crippen molar-refractivity contribution in [1.82, 2.24) is 4.98 Å². The lowest BCUT2D eigenvalue weighted by Gasteiger charge is -2.03. The third kappa shape index (κ3) is 2.59. The van der Waals surface area contributed by atoms with E-state index in [2.05, 4.69) is 32.9 Å². The van der Waals surface area contributed by atoms with Crippen molar-refractivity contribution in [3.8, 4) is 0 Å². The predicted octanol–water partition coefficient (Wildman–Crippen LogP) is 3.31. The molecule has 0 atom stereocenters. The van der Waals surface area contributed by atoms with Gasteiger partial charge in [0.1, 0.15) is 0 Å². The maximum absolute atomic E-state index is 11.8. The number of nitrogens with one attached hydrogen (secondary N) is 1. The first-order chi connectivity index (χ1) is 7.66. The highest BCUT2D eigenvalue weighted by Crippen LogP contribution is 2.16. The minimum atomic E-state index is -0.118. The van der Waals surface area contributed by atoms with E-state index in [0.29, 0.717) is 10.7 Å². The largest absolute Gasteiger partial charge is 0.298 e. The molecule has 0 spiro atoms. The molecule has 0 saturated carbocycles. The van der Waals surface area contributed by atoms with E-state index in [0.717, 1.165) is 3.57 Å². The number of carbonyl (C=O) groups excluding carboxylic acids is 1. The Morgan fingerprint density at radius 1 is 1.50 bits per heavy atom.